The van der Waals surface area contributed by atoms with Crippen molar-refractivity contribution in [3.63, 3.8) is 0 Å². The molecule has 0 aliphatic rings. The minimum atomic E-state index is 0.951. The van der Waals surface area contributed by atoms with E-state index in [2.05, 4.69) is 23.3 Å². The molecule has 0 aliphatic heterocycles. The smallest absolute Gasteiger partial charge is 0.0250 e. The van der Waals surface area contributed by atoms with Crippen LogP contribution in [-0.4, -0.2) is 6.21 Å². The molecule has 10 heavy (non-hydrogen) atoms. The van der Waals surface area contributed by atoms with Crippen LogP contribution in [0, 0.1) is 5.41 Å². The lowest BCUT2D eigenvalue weighted by Crippen LogP contribution is -1.73. The van der Waals surface area contributed by atoms with E-state index in [4.69, 9.17) is 5.41 Å². The minimum absolute atomic E-state index is 0.951. The van der Waals surface area contributed by atoms with Crippen LogP contribution >= 0.6 is 23.3 Å². The Hall–Kier alpha value is -0.410. The number of thiol groups is 2. The van der Waals surface area contributed by atoms with E-state index in [0.717, 1.165) is 5.56 Å². The van der Waals surface area contributed by atoms with Gasteiger partial charge in [-0.2, -0.15) is 0 Å². The Bertz CT molecular complexity index is 174. The molecule has 0 unspecified atom stereocenters. The lowest BCUT2D eigenvalue weighted by Gasteiger charge is -1.84. The van der Waals surface area contributed by atoms with E-state index in [0.29, 0.717) is 0 Å². The van der Waals surface area contributed by atoms with E-state index in [1.54, 1.807) is 0 Å². The Labute approximate surface area is 71.2 Å². The molecular formula is C7H9NS2. The molecule has 0 atom stereocenters. The molecule has 0 heterocycles. The first kappa shape index (κ1) is 9.59. The summed E-state index contributed by atoms with van der Waals surface area (Å²) >= 11 is 6.44. The summed E-state index contributed by atoms with van der Waals surface area (Å²) in [6.45, 7) is 0. The van der Waals surface area contributed by atoms with Crippen LogP contribution in [0.25, 0.3) is 0 Å². The Morgan fingerprint density at radius 1 is 1.10 bits per heavy atom. The summed E-state index contributed by atoms with van der Waals surface area (Å²) in [5, 5.41) is 6.82. The van der Waals surface area contributed by atoms with Gasteiger partial charge in [-0.15, -0.1) is 23.3 Å². The second-order valence-corrected chi connectivity index (χ2v) is 1.56. The average Bonchev–Trinajstić information content (AvgIpc) is 2.10. The molecular weight excluding hydrogens is 162 g/mol. The zero-order chi connectivity index (χ0) is 7.82. The van der Waals surface area contributed by atoms with Crippen molar-refractivity contribution in [2.24, 2.45) is 0 Å². The highest BCUT2D eigenvalue weighted by Crippen LogP contribution is 1.91. The Kier molecular flexibility index (Phi) is 6.43. The Balaban J connectivity index is 0.000000371. The van der Waals surface area contributed by atoms with Crippen LogP contribution in [0.5, 0.6) is 0 Å². The second-order valence-electron chi connectivity index (χ2n) is 1.56. The van der Waals surface area contributed by atoms with Crippen molar-refractivity contribution in [3.8, 4) is 0 Å². The van der Waals surface area contributed by atoms with E-state index in [1.165, 1.54) is 6.21 Å². The summed E-state index contributed by atoms with van der Waals surface area (Å²) < 4.78 is 0. The zero-order valence-corrected chi connectivity index (χ0v) is 7.15. The normalized spacial score (nSPS) is 7.40. The largest absolute Gasteiger partial charge is 0.308 e. The summed E-state index contributed by atoms with van der Waals surface area (Å²) in [5.74, 6) is 0. The third kappa shape index (κ3) is 3.58. The third-order valence-corrected chi connectivity index (χ3v) is 0.966. The van der Waals surface area contributed by atoms with Crippen LogP contribution in [0.4, 0.5) is 0 Å². The van der Waals surface area contributed by atoms with Crippen molar-refractivity contribution < 1.29 is 0 Å². The molecule has 1 aromatic carbocycles. The number of rotatable bonds is 1. The Morgan fingerprint density at radius 2 is 1.60 bits per heavy atom. The molecule has 1 rings (SSSR count). The number of hydrogen-bond acceptors (Lipinski definition) is 3. The number of benzene rings is 1. The summed E-state index contributed by atoms with van der Waals surface area (Å²) in [5.41, 5.74) is 0.951. The third-order valence-electron chi connectivity index (χ3n) is 0.966. The Morgan fingerprint density at radius 3 is 1.90 bits per heavy atom. The molecule has 1 aromatic rings. The van der Waals surface area contributed by atoms with Crippen molar-refractivity contribution in [1.82, 2.24) is 0 Å². The van der Waals surface area contributed by atoms with Crippen molar-refractivity contribution in [2.45, 2.75) is 0 Å². The fraction of sp³-hybridized carbons (Fsp3) is 0. The predicted molar refractivity (Wildman–Crippen MR) is 52.3 cm³/mol. The highest BCUT2D eigenvalue weighted by atomic mass is 33.1. The maximum Gasteiger partial charge on any atom is 0.0250 e. The molecule has 3 heteroatoms. The van der Waals surface area contributed by atoms with Gasteiger partial charge in [0.05, 0.1) is 0 Å². The molecule has 1 nitrogen and oxygen atoms in total. The fourth-order valence-electron chi connectivity index (χ4n) is 0.549. The topological polar surface area (TPSA) is 23.9 Å². The molecule has 0 amide bonds. The molecule has 0 radical (unpaired) electrons. The number of hydrogen-bond donors (Lipinski definition) is 3. The van der Waals surface area contributed by atoms with Crippen LogP contribution < -0.4 is 0 Å². The van der Waals surface area contributed by atoms with Gasteiger partial charge in [0.25, 0.3) is 0 Å². The maximum atomic E-state index is 6.82. The first-order chi connectivity index (χ1) is 4.93. The van der Waals surface area contributed by atoms with Crippen LogP contribution in [0.15, 0.2) is 30.3 Å². The highest BCUT2D eigenvalue weighted by Gasteiger charge is 1.77. The van der Waals surface area contributed by atoms with Crippen LogP contribution in [0.3, 0.4) is 0 Å². The van der Waals surface area contributed by atoms with Crippen molar-refractivity contribution in [2.75, 3.05) is 0 Å². The van der Waals surface area contributed by atoms with Gasteiger partial charge in [-0.05, 0) is 5.56 Å². The molecule has 0 saturated heterocycles. The van der Waals surface area contributed by atoms with Gasteiger partial charge < -0.3 is 5.41 Å². The molecule has 1 N–H and O–H groups in total. The van der Waals surface area contributed by atoms with Gasteiger partial charge in [-0.3, -0.25) is 0 Å². The summed E-state index contributed by atoms with van der Waals surface area (Å²) in [6.07, 6.45) is 1.33. The van der Waals surface area contributed by atoms with Gasteiger partial charge in [-0.1, -0.05) is 30.3 Å². The molecule has 0 bridgehead atoms. The van der Waals surface area contributed by atoms with Crippen molar-refractivity contribution in [1.29, 1.82) is 5.41 Å². The van der Waals surface area contributed by atoms with E-state index >= 15 is 0 Å². The van der Waals surface area contributed by atoms with Gasteiger partial charge in [0, 0.05) is 6.21 Å². The first-order valence-electron chi connectivity index (χ1n) is 2.69. The summed E-state index contributed by atoms with van der Waals surface area (Å²) in [6, 6.07) is 9.56. The second kappa shape index (κ2) is 6.71. The van der Waals surface area contributed by atoms with Crippen molar-refractivity contribution >= 4 is 29.5 Å². The van der Waals surface area contributed by atoms with Gasteiger partial charge in [0.1, 0.15) is 0 Å². The zero-order valence-electron chi connectivity index (χ0n) is 5.36. The quantitative estimate of drug-likeness (QED) is 0.328. The van der Waals surface area contributed by atoms with Gasteiger partial charge in [-0.25, -0.2) is 0 Å². The lowest BCUT2D eigenvalue weighted by molar-refractivity contribution is 1.54. The van der Waals surface area contributed by atoms with Gasteiger partial charge in [0.2, 0.25) is 0 Å². The van der Waals surface area contributed by atoms with E-state index in [1.807, 2.05) is 30.3 Å². The maximum absolute atomic E-state index is 6.82. The predicted octanol–water partition coefficient (Wildman–Crippen LogP) is 2.45. The molecule has 0 aromatic heterocycles. The average molecular weight is 171 g/mol. The monoisotopic (exact) mass is 171 g/mol. The van der Waals surface area contributed by atoms with E-state index in [9.17, 15) is 0 Å². The van der Waals surface area contributed by atoms with Crippen LogP contribution in [-0.2, 0) is 0 Å². The van der Waals surface area contributed by atoms with Gasteiger partial charge >= 0.3 is 0 Å². The van der Waals surface area contributed by atoms with Gasteiger partial charge in [0.15, 0.2) is 0 Å². The molecule has 0 saturated carbocycles. The van der Waals surface area contributed by atoms with Crippen LogP contribution in [0.1, 0.15) is 5.56 Å². The highest BCUT2D eigenvalue weighted by molar-refractivity contribution is 8.59. The molecule has 54 valence electrons. The molecule has 0 spiro atoms. The summed E-state index contributed by atoms with van der Waals surface area (Å²) in [4.78, 5) is 0. The first-order valence-corrected chi connectivity index (χ1v) is 4.29. The SMILES string of the molecule is N=Cc1ccccc1.SS. The summed E-state index contributed by atoms with van der Waals surface area (Å²) in [7, 11) is 0. The van der Waals surface area contributed by atoms with Crippen LogP contribution in [0.2, 0.25) is 0 Å². The molecule has 0 aliphatic carbocycles. The fourth-order valence-corrected chi connectivity index (χ4v) is 0.549. The van der Waals surface area contributed by atoms with E-state index < -0.39 is 0 Å². The minimum Gasteiger partial charge on any atom is -0.308 e. The lowest BCUT2D eigenvalue weighted by atomic mass is 10.2. The van der Waals surface area contributed by atoms with E-state index in [-0.39, 0.29) is 0 Å². The molecule has 0 fully saturated rings. The number of nitrogens with one attached hydrogen (secondary N) is 1. The standard InChI is InChI=1S/C7H7N.H2S2/c8-6-7-4-2-1-3-5-7;1-2/h1-6,8H;1-2H. The van der Waals surface area contributed by atoms with Crippen molar-refractivity contribution in [3.05, 3.63) is 35.9 Å².